The van der Waals surface area contributed by atoms with Gasteiger partial charge in [0.2, 0.25) is 0 Å². The van der Waals surface area contributed by atoms with Gasteiger partial charge in [0.15, 0.2) is 5.69 Å². The Kier molecular flexibility index (Phi) is 4.39. The number of hydrogen-bond donors (Lipinski definition) is 1. The fourth-order valence-electron chi connectivity index (χ4n) is 3.76. The molecule has 0 unspecified atom stereocenters. The second-order valence-electron chi connectivity index (χ2n) is 6.38. The molecule has 0 saturated carbocycles. The smallest absolute Gasteiger partial charge is 0.276 e. The number of H-pyrrole nitrogens is 1. The van der Waals surface area contributed by atoms with Gasteiger partial charge >= 0.3 is 0 Å². The minimum atomic E-state index is -0.106. The molecule has 1 aromatic heterocycles. The Labute approximate surface area is 151 Å². The molecule has 1 fully saturated rings. The zero-order chi connectivity index (χ0) is 17.9. The fraction of sp³-hybridized carbons (Fsp3) is 0.250. The number of carbonyl (C=O) groups excluding carboxylic acids is 1. The van der Waals surface area contributed by atoms with Gasteiger partial charge in [0, 0.05) is 12.5 Å². The Bertz CT molecular complexity index is 880. The summed E-state index contributed by atoms with van der Waals surface area (Å²) in [5.41, 5.74) is 2.63. The van der Waals surface area contributed by atoms with Crippen molar-refractivity contribution in [2.24, 2.45) is 0 Å². The largest absolute Gasteiger partial charge is 0.497 e. The van der Waals surface area contributed by atoms with Crippen molar-refractivity contribution < 1.29 is 9.53 Å². The summed E-state index contributed by atoms with van der Waals surface area (Å²) < 4.78 is 5.39. The highest BCUT2D eigenvalue weighted by Gasteiger charge is 2.39. The predicted octanol–water partition coefficient (Wildman–Crippen LogP) is 3.18. The highest BCUT2D eigenvalue weighted by atomic mass is 16.5. The van der Waals surface area contributed by atoms with E-state index in [1.165, 1.54) is 11.8 Å². The molecule has 0 radical (unpaired) electrons. The number of amides is 1. The highest BCUT2D eigenvalue weighted by molar-refractivity contribution is 5.92. The first kappa shape index (κ1) is 16.3. The second kappa shape index (κ2) is 7.00. The lowest BCUT2D eigenvalue weighted by molar-refractivity contribution is 0.0723. The van der Waals surface area contributed by atoms with Crippen molar-refractivity contribution in [2.45, 2.75) is 18.4 Å². The normalized spacial score (nSPS) is 19.5. The number of carbonyl (C=O) groups is 1. The zero-order valence-corrected chi connectivity index (χ0v) is 14.5. The van der Waals surface area contributed by atoms with Crippen LogP contribution in [0.25, 0.3) is 0 Å². The molecule has 132 valence electrons. The lowest BCUT2D eigenvalue weighted by Gasteiger charge is -2.28. The van der Waals surface area contributed by atoms with E-state index in [1.54, 1.807) is 7.11 Å². The maximum absolute atomic E-state index is 13.0. The third-order valence-corrected chi connectivity index (χ3v) is 4.96. The van der Waals surface area contributed by atoms with Crippen LogP contribution in [0.1, 0.15) is 40.0 Å². The molecule has 1 aliphatic heterocycles. The summed E-state index contributed by atoms with van der Waals surface area (Å²) in [5.74, 6) is 0.902. The molecule has 26 heavy (non-hydrogen) atoms. The molecule has 2 atom stereocenters. The topological polar surface area (TPSA) is 71.1 Å². The number of likely N-dealkylation sites (tertiary alicyclic amines) is 1. The van der Waals surface area contributed by atoms with E-state index in [-0.39, 0.29) is 17.9 Å². The van der Waals surface area contributed by atoms with E-state index in [9.17, 15) is 4.79 Å². The number of nitrogens with zero attached hydrogens (tertiary/aromatic N) is 3. The minimum Gasteiger partial charge on any atom is -0.497 e. The van der Waals surface area contributed by atoms with Crippen molar-refractivity contribution in [3.63, 3.8) is 0 Å². The van der Waals surface area contributed by atoms with Gasteiger partial charge in [0.05, 0.1) is 19.3 Å². The lowest BCUT2D eigenvalue weighted by Crippen LogP contribution is -2.32. The monoisotopic (exact) mass is 348 g/mol. The summed E-state index contributed by atoms with van der Waals surface area (Å²) in [5, 5.41) is 10.3. The summed E-state index contributed by atoms with van der Waals surface area (Å²) in [4.78, 5) is 14.9. The Hall–Kier alpha value is -3.15. The number of hydrogen-bond acceptors (Lipinski definition) is 4. The average Bonchev–Trinajstić information content (AvgIpc) is 3.38. The number of nitrogens with one attached hydrogen (secondary N) is 1. The van der Waals surface area contributed by atoms with E-state index in [0.29, 0.717) is 12.2 Å². The van der Waals surface area contributed by atoms with Gasteiger partial charge in [0.25, 0.3) is 5.91 Å². The molecule has 3 aromatic rings. The summed E-state index contributed by atoms with van der Waals surface area (Å²) in [6.07, 6.45) is 2.37. The van der Waals surface area contributed by atoms with Gasteiger partial charge in [-0.05, 0) is 29.7 Å². The molecule has 1 N–H and O–H groups in total. The Morgan fingerprint density at radius 3 is 2.69 bits per heavy atom. The van der Waals surface area contributed by atoms with E-state index >= 15 is 0 Å². The van der Waals surface area contributed by atoms with E-state index < -0.39 is 0 Å². The van der Waals surface area contributed by atoms with Gasteiger partial charge in [-0.1, -0.05) is 42.5 Å². The molecular weight excluding hydrogens is 328 g/mol. The molecule has 0 aliphatic carbocycles. The van der Waals surface area contributed by atoms with E-state index in [0.717, 1.165) is 17.7 Å². The van der Waals surface area contributed by atoms with Crippen molar-refractivity contribution >= 4 is 5.91 Å². The Balaban J connectivity index is 1.75. The molecule has 0 spiro atoms. The Morgan fingerprint density at radius 1 is 1.15 bits per heavy atom. The van der Waals surface area contributed by atoms with E-state index in [2.05, 4.69) is 33.6 Å². The fourth-order valence-corrected chi connectivity index (χ4v) is 3.76. The van der Waals surface area contributed by atoms with Gasteiger partial charge in [0.1, 0.15) is 5.75 Å². The molecule has 2 aromatic carbocycles. The molecule has 6 nitrogen and oxygen atoms in total. The number of aromatic amines is 1. The maximum atomic E-state index is 13.0. The molecule has 6 heteroatoms. The number of benzene rings is 2. The van der Waals surface area contributed by atoms with Crippen molar-refractivity contribution in [2.75, 3.05) is 13.7 Å². The predicted molar refractivity (Wildman–Crippen MR) is 97.0 cm³/mol. The van der Waals surface area contributed by atoms with E-state index in [4.69, 9.17) is 4.74 Å². The van der Waals surface area contributed by atoms with Crippen LogP contribution in [0.4, 0.5) is 0 Å². The summed E-state index contributed by atoms with van der Waals surface area (Å²) >= 11 is 0. The van der Waals surface area contributed by atoms with Crippen LogP contribution in [0.5, 0.6) is 5.75 Å². The maximum Gasteiger partial charge on any atom is 0.276 e. The summed E-state index contributed by atoms with van der Waals surface area (Å²) in [6, 6.07) is 18.2. The van der Waals surface area contributed by atoms with Gasteiger partial charge in [-0.2, -0.15) is 15.4 Å². The van der Waals surface area contributed by atoms with Crippen molar-refractivity contribution in [1.82, 2.24) is 20.3 Å². The molecule has 1 aliphatic rings. The molecule has 1 saturated heterocycles. The SMILES string of the molecule is COc1cccc([C@H]2[C@@H](c3ccccc3)CCN2C(=O)c2cn[nH]n2)c1. The first-order chi connectivity index (χ1) is 12.8. The van der Waals surface area contributed by atoms with Crippen LogP contribution in [-0.2, 0) is 0 Å². The number of rotatable bonds is 4. The third-order valence-electron chi connectivity index (χ3n) is 4.96. The zero-order valence-electron chi connectivity index (χ0n) is 14.5. The molecular formula is C20H20N4O2. The quantitative estimate of drug-likeness (QED) is 0.786. The van der Waals surface area contributed by atoms with Crippen LogP contribution in [0.15, 0.2) is 60.8 Å². The Morgan fingerprint density at radius 2 is 1.96 bits per heavy atom. The van der Waals surface area contributed by atoms with Crippen LogP contribution in [0.3, 0.4) is 0 Å². The molecule has 2 heterocycles. The summed E-state index contributed by atoms with van der Waals surface area (Å²) in [6.45, 7) is 0.674. The third kappa shape index (κ3) is 2.94. The van der Waals surface area contributed by atoms with Crippen molar-refractivity contribution in [1.29, 1.82) is 0 Å². The van der Waals surface area contributed by atoms with Crippen LogP contribution in [0.2, 0.25) is 0 Å². The van der Waals surface area contributed by atoms with Crippen molar-refractivity contribution in [3.8, 4) is 5.75 Å². The molecule has 4 rings (SSSR count). The standard InChI is InChI=1S/C20H20N4O2/c1-26-16-9-5-8-15(12-16)19-17(14-6-3-2-4-7-14)10-11-24(19)20(25)18-13-21-23-22-18/h2-9,12-13,17,19H,10-11H2,1H3,(H,21,22,23)/t17-,19+/m1/s1. The molecule has 1 amide bonds. The van der Waals surface area contributed by atoms with E-state index in [1.807, 2.05) is 41.3 Å². The van der Waals surface area contributed by atoms with Crippen LogP contribution in [-0.4, -0.2) is 39.9 Å². The average molecular weight is 348 g/mol. The first-order valence-corrected chi connectivity index (χ1v) is 8.63. The minimum absolute atomic E-state index is 0.0725. The van der Waals surface area contributed by atoms with Crippen LogP contribution < -0.4 is 4.74 Å². The van der Waals surface area contributed by atoms with Crippen molar-refractivity contribution in [3.05, 3.63) is 77.6 Å². The first-order valence-electron chi connectivity index (χ1n) is 8.63. The number of ether oxygens (including phenoxy) is 1. The van der Waals surface area contributed by atoms with Crippen LogP contribution in [0, 0.1) is 0 Å². The van der Waals surface area contributed by atoms with Gasteiger partial charge in [-0.3, -0.25) is 4.79 Å². The van der Waals surface area contributed by atoms with Gasteiger partial charge < -0.3 is 9.64 Å². The van der Waals surface area contributed by atoms with Crippen LogP contribution >= 0.6 is 0 Å². The molecule has 0 bridgehead atoms. The highest BCUT2D eigenvalue weighted by Crippen LogP contribution is 2.44. The van der Waals surface area contributed by atoms with Gasteiger partial charge in [-0.25, -0.2) is 0 Å². The summed E-state index contributed by atoms with van der Waals surface area (Å²) in [7, 11) is 1.65. The lowest BCUT2D eigenvalue weighted by atomic mass is 9.87. The second-order valence-corrected chi connectivity index (χ2v) is 6.38. The number of methoxy groups -OCH3 is 1. The number of aromatic nitrogens is 3. The van der Waals surface area contributed by atoms with Gasteiger partial charge in [-0.15, -0.1) is 0 Å².